The van der Waals surface area contributed by atoms with E-state index < -0.39 is 10.0 Å². The Bertz CT molecular complexity index is 1140. The Hall–Kier alpha value is -2.38. The number of aryl methyl sites for hydroxylation is 2. The number of nitrogens with zero attached hydrogens (tertiary/aromatic N) is 1. The van der Waals surface area contributed by atoms with Gasteiger partial charge in [0.15, 0.2) is 0 Å². The van der Waals surface area contributed by atoms with Crippen LogP contribution in [0.15, 0.2) is 41.3 Å². The van der Waals surface area contributed by atoms with Crippen molar-refractivity contribution in [2.45, 2.75) is 51.0 Å². The van der Waals surface area contributed by atoms with Gasteiger partial charge in [-0.25, -0.2) is 8.42 Å². The van der Waals surface area contributed by atoms with Gasteiger partial charge in [-0.05, 0) is 61.6 Å². The normalized spacial score (nSPS) is 21.3. The fourth-order valence-corrected chi connectivity index (χ4v) is 5.99. The molecule has 2 aromatic carbocycles. The number of anilines is 1. The first kappa shape index (κ1) is 21.8. The van der Waals surface area contributed by atoms with Crippen LogP contribution in [0, 0.1) is 25.7 Å². The van der Waals surface area contributed by atoms with Gasteiger partial charge in [-0.1, -0.05) is 42.6 Å². The molecule has 1 aliphatic heterocycles. The third-order valence-corrected chi connectivity index (χ3v) is 8.17. The number of hydrogen-bond acceptors (Lipinski definition) is 4. The van der Waals surface area contributed by atoms with Gasteiger partial charge >= 0.3 is 0 Å². The lowest BCUT2D eigenvalue weighted by molar-refractivity contribution is -0.140. The van der Waals surface area contributed by atoms with Crippen molar-refractivity contribution in [3.8, 4) is 0 Å². The van der Waals surface area contributed by atoms with Crippen LogP contribution in [0.1, 0.15) is 42.4 Å². The van der Waals surface area contributed by atoms with Crippen LogP contribution in [0.3, 0.4) is 0 Å². The first-order valence-corrected chi connectivity index (χ1v) is 12.3. The van der Waals surface area contributed by atoms with Gasteiger partial charge in [0.25, 0.3) is 10.0 Å². The van der Waals surface area contributed by atoms with Crippen LogP contribution in [-0.2, 0) is 26.2 Å². The number of carbonyl (C=O) groups is 2. The second-order valence-corrected chi connectivity index (χ2v) is 10.5. The highest BCUT2D eigenvalue weighted by atomic mass is 35.5. The van der Waals surface area contributed by atoms with E-state index in [1.54, 1.807) is 37.3 Å². The lowest BCUT2D eigenvalue weighted by Gasteiger charge is -2.19. The van der Waals surface area contributed by atoms with Gasteiger partial charge in [0.05, 0.1) is 29.0 Å². The summed E-state index contributed by atoms with van der Waals surface area (Å²) in [4.78, 5) is 26.9. The van der Waals surface area contributed by atoms with E-state index in [1.807, 2.05) is 6.92 Å². The number of sulfonamides is 1. The van der Waals surface area contributed by atoms with Gasteiger partial charge in [-0.15, -0.1) is 0 Å². The summed E-state index contributed by atoms with van der Waals surface area (Å²) < 4.78 is 28.6. The minimum atomic E-state index is -3.87. The van der Waals surface area contributed by atoms with Gasteiger partial charge in [0.1, 0.15) is 0 Å². The minimum absolute atomic E-state index is 0.0871. The Balaban J connectivity index is 1.59. The Kier molecular flexibility index (Phi) is 5.83. The maximum Gasteiger partial charge on any atom is 0.262 e. The molecule has 1 saturated carbocycles. The minimum Gasteiger partial charge on any atom is -0.280 e. The summed E-state index contributed by atoms with van der Waals surface area (Å²) in [5, 5.41) is 0.471. The average molecular weight is 461 g/mol. The second-order valence-electron chi connectivity index (χ2n) is 8.43. The molecular formula is C23H25ClN2O4S. The fraction of sp³-hybridized carbons (Fsp3) is 0.391. The molecule has 6 nitrogen and oxygen atoms in total. The zero-order valence-corrected chi connectivity index (χ0v) is 19.1. The van der Waals surface area contributed by atoms with Crippen molar-refractivity contribution < 1.29 is 18.0 Å². The molecule has 8 heteroatoms. The van der Waals surface area contributed by atoms with Crippen molar-refractivity contribution in [1.29, 1.82) is 0 Å². The number of rotatable bonds is 5. The highest BCUT2D eigenvalue weighted by molar-refractivity contribution is 7.92. The first-order valence-electron chi connectivity index (χ1n) is 10.4. The highest BCUT2D eigenvalue weighted by Crippen LogP contribution is 2.38. The maximum atomic E-state index is 13.0. The maximum absolute atomic E-state index is 13.0. The van der Waals surface area contributed by atoms with E-state index in [1.165, 1.54) is 11.0 Å². The van der Waals surface area contributed by atoms with E-state index in [-0.39, 0.29) is 35.1 Å². The molecule has 1 N–H and O–H groups in total. The van der Waals surface area contributed by atoms with Gasteiger partial charge in [0, 0.05) is 5.02 Å². The van der Waals surface area contributed by atoms with E-state index in [2.05, 4.69) is 4.72 Å². The molecule has 2 aliphatic rings. The summed E-state index contributed by atoms with van der Waals surface area (Å²) in [6.07, 6.45) is 3.44. The van der Waals surface area contributed by atoms with E-state index >= 15 is 0 Å². The van der Waals surface area contributed by atoms with Crippen LogP contribution in [0.2, 0.25) is 5.02 Å². The number of fused-ring (bicyclic) bond motifs is 1. The van der Waals surface area contributed by atoms with Crippen molar-refractivity contribution in [3.05, 3.63) is 58.1 Å². The van der Waals surface area contributed by atoms with Gasteiger partial charge in [-0.3, -0.25) is 19.2 Å². The van der Waals surface area contributed by atoms with Crippen LogP contribution in [0.4, 0.5) is 5.69 Å². The smallest absolute Gasteiger partial charge is 0.262 e. The van der Waals surface area contributed by atoms with Gasteiger partial charge in [-0.2, -0.15) is 0 Å². The van der Waals surface area contributed by atoms with Crippen molar-refractivity contribution >= 4 is 39.1 Å². The number of amides is 2. The van der Waals surface area contributed by atoms with E-state index in [4.69, 9.17) is 11.6 Å². The summed E-state index contributed by atoms with van der Waals surface area (Å²) in [6, 6.07) is 9.96. The van der Waals surface area contributed by atoms with E-state index in [9.17, 15) is 18.0 Å². The van der Waals surface area contributed by atoms with Gasteiger partial charge in [0.2, 0.25) is 11.8 Å². The number of nitrogens with one attached hydrogen (secondary N) is 1. The lowest BCUT2D eigenvalue weighted by atomic mass is 9.81. The summed E-state index contributed by atoms with van der Waals surface area (Å²) >= 11 is 6.12. The monoisotopic (exact) mass is 460 g/mol. The largest absolute Gasteiger partial charge is 0.280 e. The summed E-state index contributed by atoms with van der Waals surface area (Å²) in [5.41, 5.74) is 2.40. The van der Waals surface area contributed by atoms with Gasteiger partial charge < -0.3 is 0 Å². The average Bonchev–Trinajstić information content (AvgIpc) is 2.97. The standard InChI is InChI=1S/C23H25ClN2O4S/c1-14-8-10-17(12-20(14)24)25-31(29,30)21-11-16(9-7-15(21)2)13-26-22(27)18-5-3-4-6-19(18)23(26)28/h7-12,18-19,25H,3-6,13H2,1-2H3/t18-,19+. The molecule has 0 radical (unpaired) electrons. The van der Waals surface area contributed by atoms with Crippen LogP contribution in [0.25, 0.3) is 0 Å². The molecular weight excluding hydrogens is 436 g/mol. The van der Waals surface area contributed by atoms with E-state index in [0.717, 1.165) is 31.2 Å². The van der Waals surface area contributed by atoms with E-state index in [0.29, 0.717) is 21.8 Å². The second kappa shape index (κ2) is 8.28. The number of hydrogen-bond donors (Lipinski definition) is 1. The molecule has 1 heterocycles. The summed E-state index contributed by atoms with van der Waals surface area (Å²) in [5.74, 6) is -0.704. The number of halogens is 1. The van der Waals surface area contributed by atoms with Crippen LogP contribution >= 0.6 is 11.6 Å². The molecule has 1 saturated heterocycles. The number of benzene rings is 2. The number of likely N-dealkylation sites (tertiary alicyclic amines) is 1. The molecule has 164 valence electrons. The van der Waals surface area contributed by atoms with Crippen molar-refractivity contribution in [2.75, 3.05) is 4.72 Å². The number of carbonyl (C=O) groups excluding carboxylic acids is 2. The molecule has 0 bridgehead atoms. The molecule has 2 amide bonds. The highest BCUT2D eigenvalue weighted by Gasteiger charge is 2.47. The van der Waals surface area contributed by atoms with Crippen LogP contribution in [0.5, 0.6) is 0 Å². The predicted octanol–water partition coefficient (Wildman–Crippen LogP) is 4.43. The van der Waals surface area contributed by atoms with Crippen LogP contribution < -0.4 is 4.72 Å². The lowest BCUT2D eigenvalue weighted by Crippen LogP contribution is -2.30. The molecule has 31 heavy (non-hydrogen) atoms. The Labute approximate surface area is 187 Å². The molecule has 0 aromatic heterocycles. The third kappa shape index (κ3) is 4.21. The summed E-state index contributed by atoms with van der Waals surface area (Å²) in [6.45, 7) is 3.64. The van der Waals surface area contributed by atoms with Crippen molar-refractivity contribution in [3.63, 3.8) is 0 Å². The zero-order chi connectivity index (χ0) is 22.3. The molecule has 0 spiro atoms. The Morgan fingerprint density at radius 2 is 1.58 bits per heavy atom. The SMILES string of the molecule is Cc1ccc(NS(=O)(=O)c2cc(CN3C(=O)[C@H]4CCCC[C@H]4C3=O)ccc2C)cc1Cl. The molecule has 2 atom stereocenters. The topological polar surface area (TPSA) is 83.6 Å². The zero-order valence-electron chi connectivity index (χ0n) is 17.5. The molecule has 0 unspecified atom stereocenters. The molecule has 4 rings (SSSR count). The first-order chi connectivity index (χ1) is 14.7. The number of imide groups is 1. The van der Waals surface area contributed by atoms with Crippen molar-refractivity contribution in [2.24, 2.45) is 11.8 Å². The van der Waals surface area contributed by atoms with Crippen LogP contribution in [-0.4, -0.2) is 25.1 Å². The summed E-state index contributed by atoms with van der Waals surface area (Å²) in [7, 11) is -3.87. The molecule has 1 aliphatic carbocycles. The molecule has 2 aromatic rings. The Morgan fingerprint density at radius 1 is 0.968 bits per heavy atom. The quantitative estimate of drug-likeness (QED) is 0.669. The predicted molar refractivity (Wildman–Crippen MR) is 119 cm³/mol. The third-order valence-electron chi connectivity index (χ3n) is 6.24. The van der Waals surface area contributed by atoms with Crippen molar-refractivity contribution in [1.82, 2.24) is 4.90 Å². The fourth-order valence-electron chi connectivity index (χ4n) is 4.47. The molecule has 2 fully saturated rings. The Morgan fingerprint density at radius 3 is 2.19 bits per heavy atom.